The quantitative estimate of drug-likeness (QED) is 0.729. The summed E-state index contributed by atoms with van der Waals surface area (Å²) in [4.78, 5) is 11.7. The second-order valence-corrected chi connectivity index (χ2v) is 6.07. The third-order valence-corrected chi connectivity index (χ3v) is 4.28. The van der Waals surface area contributed by atoms with Crippen molar-refractivity contribution in [2.75, 3.05) is 19.0 Å². The second kappa shape index (κ2) is 6.03. The number of aryl methyl sites for hydroxylation is 3. The highest BCUT2D eigenvalue weighted by Crippen LogP contribution is 2.27. The van der Waals surface area contributed by atoms with Crippen molar-refractivity contribution in [3.8, 4) is 11.3 Å². The fourth-order valence-electron chi connectivity index (χ4n) is 2.99. The van der Waals surface area contributed by atoms with Crippen molar-refractivity contribution in [3.05, 3.63) is 41.7 Å². The van der Waals surface area contributed by atoms with Gasteiger partial charge < -0.3 is 9.47 Å². The number of nitrogens with zero attached hydrogens (tertiary/aromatic N) is 4. The monoisotopic (exact) mass is 308 g/mol. The molecule has 3 aromatic rings. The molecule has 0 atom stereocenters. The molecule has 0 aromatic carbocycles. The van der Waals surface area contributed by atoms with E-state index in [1.807, 2.05) is 19.0 Å². The highest BCUT2D eigenvalue weighted by atomic mass is 15.1. The standard InChI is InChI=1S/C19H24N4/c1-6-15-14(8-11-18(20-15)22(4)5)16-9-10-17-19(21-16)13(3)12-23(17)7-2/h8-12H,6-7H2,1-5H3. The molecule has 0 N–H and O–H groups in total. The van der Waals surface area contributed by atoms with Gasteiger partial charge in [0.2, 0.25) is 0 Å². The second-order valence-electron chi connectivity index (χ2n) is 6.07. The molecule has 0 bridgehead atoms. The normalized spacial score (nSPS) is 11.2. The van der Waals surface area contributed by atoms with Gasteiger partial charge in [0.15, 0.2) is 0 Å². The van der Waals surface area contributed by atoms with Crippen LogP contribution in [0.3, 0.4) is 0 Å². The maximum atomic E-state index is 4.92. The van der Waals surface area contributed by atoms with Crippen LogP contribution in [0.5, 0.6) is 0 Å². The van der Waals surface area contributed by atoms with Crippen molar-refractivity contribution in [1.82, 2.24) is 14.5 Å². The molecule has 4 heteroatoms. The first kappa shape index (κ1) is 15.5. The zero-order valence-electron chi connectivity index (χ0n) is 14.6. The molecule has 3 rings (SSSR count). The molecule has 0 aliphatic rings. The van der Waals surface area contributed by atoms with E-state index in [1.165, 1.54) is 11.1 Å². The van der Waals surface area contributed by atoms with Crippen LogP contribution >= 0.6 is 0 Å². The Morgan fingerprint density at radius 2 is 1.83 bits per heavy atom. The predicted molar refractivity (Wildman–Crippen MR) is 97.1 cm³/mol. The third kappa shape index (κ3) is 2.69. The van der Waals surface area contributed by atoms with Crippen LogP contribution in [0.4, 0.5) is 5.82 Å². The maximum Gasteiger partial charge on any atom is 0.128 e. The topological polar surface area (TPSA) is 34.0 Å². The molecular formula is C19H24N4. The lowest BCUT2D eigenvalue weighted by atomic mass is 10.1. The Balaban J connectivity index is 2.15. The van der Waals surface area contributed by atoms with Crippen LogP contribution in [0.15, 0.2) is 30.5 Å². The Labute approximate surface area is 137 Å². The average Bonchev–Trinajstić information content (AvgIpc) is 2.89. The maximum absolute atomic E-state index is 4.92. The first-order valence-corrected chi connectivity index (χ1v) is 8.19. The first-order chi connectivity index (χ1) is 11.0. The van der Waals surface area contributed by atoms with Gasteiger partial charge in [0.25, 0.3) is 0 Å². The zero-order chi connectivity index (χ0) is 16.6. The van der Waals surface area contributed by atoms with Gasteiger partial charge in [0, 0.05) is 32.4 Å². The van der Waals surface area contributed by atoms with E-state index < -0.39 is 0 Å². The lowest BCUT2D eigenvalue weighted by Gasteiger charge is -2.15. The summed E-state index contributed by atoms with van der Waals surface area (Å²) in [5.41, 5.74) is 6.73. The molecule has 0 radical (unpaired) electrons. The van der Waals surface area contributed by atoms with Gasteiger partial charge in [-0.1, -0.05) is 6.92 Å². The minimum atomic E-state index is 0.895. The summed E-state index contributed by atoms with van der Waals surface area (Å²) in [6, 6.07) is 8.48. The van der Waals surface area contributed by atoms with E-state index in [2.05, 4.69) is 55.8 Å². The molecule has 0 aliphatic heterocycles. The summed E-state index contributed by atoms with van der Waals surface area (Å²) in [6.07, 6.45) is 3.07. The van der Waals surface area contributed by atoms with Crippen molar-refractivity contribution in [2.45, 2.75) is 33.7 Å². The number of fused-ring (bicyclic) bond motifs is 1. The molecule has 0 spiro atoms. The molecule has 0 unspecified atom stereocenters. The number of aromatic nitrogens is 3. The van der Waals surface area contributed by atoms with Gasteiger partial charge in [0.1, 0.15) is 5.82 Å². The Morgan fingerprint density at radius 1 is 1.04 bits per heavy atom. The molecule has 3 aromatic heterocycles. The van der Waals surface area contributed by atoms with E-state index in [9.17, 15) is 0 Å². The minimum absolute atomic E-state index is 0.895. The smallest absolute Gasteiger partial charge is 0.128 e. The van der Waals surface area contributed by atoms with Gasteiger partial charge in [0.05, 0.1) is 22.4 Å². The Bertz CT molecular complexity index is 846. The molecule has 0 aliphatic carbocycles. The van der Waals surface area contributed by atoms with Crippen LogP contribution in [0.1, 0.15) is 25.1 Å². The van der Waals surface area contributed by atoms with Crippen LogP contribution < -0.4 is 4.90 Å². The van der Waals surface area contributed by atoms with E-state index in [-0.39, 0.29) is 0 Å². The fourth-order valence-corrected chi connectivity index (χ4v) is 2.99. The van der Waals surface area contributed by atoms with E-state index >= 15 is 0 Å². The Kier molecular flexibility index (Phi) is 4.07. The Morgan fingerprint density at radius 3 is 2.48 bits per heavy atom. The summed E-state index contributed by atoms with van der Waals surface area (Å²) in [5, 5.41) is 0. The Hall–Kier alpha value is -2.36. The van der Waals surface area contributed by atoms with E-state index in [0.29, 0.717) is 0 Å². The number of rotatable bonds is 4. The number of pyridine rings is 2. The van der Waals surface area contributed by atoms with Gasteiger partial charge in [-0.05, 0) is 50.1 Å². The van der Waals surface area contributed by atoms with Gasteiger partial charge in [-0.2, -0.15) is 0 Å². The molecule has 0 saturated heterocycles. The van der Waals surface area contributed by atoms with Gasteiger partial charge >= 0.3 is 0 Å². The number of anilines is 1. The molecule has 0 fully saturated rings. The average molecular weight is 308 g/mol. The van der Waals surface area contributed by atoms with Crippen molar-refractivity contribution < 1.29 is 0 Å². The highest BCUT2D eigenvalue weighted by Gasteiger charge is 2.12. The summed E-state index contributed by atoms with van der Waals surface area (Å²) >= 11 is 0. The van der Waals surface area contributed by atoms with Crippen LogP contribution in [0.2, 0.25) is 0 Å². The van der Waals surface area contributed by atoms with Gasteiger partial charge in [-0.3, -0.25) is 0 Å². The summed E-state index contributed by atoms with van der Waals surface area (Å²) in [7, 11) is 4.03. The molecule has 23 heavy (non-hydrogen) atoms. The van der Waals surface area contributed by atoms with Crippen molar-refractivity contribution in [1.29, 1.82) is 0 Å². The third-order valence-electron chi connectivity index (χ3n) is 4.28. The van der Waals surface area contributed by atoms with E-state index in [1.54, 1.807) is 0 Å². The first-order valence-electron chi connectivity index (χ1n) is 8.19. The summed E-state index contributed by atoms with van der Waals surface area (Å²) < 4.78 is 2.25. The molecule has 4 nitrogen and oxygen atoms in total. The van der Waals surface area contributed by atoms with E-state index in [4.69, 9.17) is 9.97 Å². The lowest BCUT2D eigenvalue weighted by Crippen LogP contribution is -2.11. The molecule has 3 heterocycles. The number of hydrogen-bond acceptors (Lipinski definition) is 3. The predicted octanol–water partition coefficient (Wildman–Crippen LogP) is 4.06. The zero-order valence-corrected chi connectivity index (χ0v) is 14.6. The minimum Gasteiger partial charge on any atom is -0.363 e. The van der Waals surface area contributed by atoms with E-state index in [0.717, 1.165) is 41.3 Å². The number of hydrogen-bond donors (Lipinski definition) is 0. The van der Waals surface area contributed by atoms with Gasteiger partial charge in [-0.15, -0.1) is 0 Å². The van der Waals surface area contributed by atoms with Crippen molar-refractivity contribution in [3.63, 3.8) is 0 Å². The van der Waals surface area contributed by atoms with Crippen LogP contribution in [0, 0.1) is 6.92 Å². The van der Waals surface area contributed by atoms with Crippen LogP contribution in [-0.2, 0) is 13.0 Å². The molecular weight excluding hydrogens is 284 g/mol. The summed E-state index contributed by atoms with van der Waals surface area (Å²) in [6.45, 7) is 7.39. The lowest BCUT2D eigenvalue weighted by molar-refractivity contribution is 0.795. The fraction of sp³-hybridized carbons (Fsp3) is 0.368. The van der Waals surface area contributed by atoms with Crippen molar-refractivity contribution in [2.24, 2.45) is 0 Å². The molecule has 120 valence electrons. The van der Waals surface area contributed by atoms with Gasteiger partial charge in [-0.25, -0.2) is 9.97 Å². The van der Waals surface area contributed by atoms with Crippen LogP contribution in [0.25, 0.3) is 22.3 Å². The summed E-state index contributed by atoms with van der Waals surface area (Å²) in [5.74, 6) is 0.986. The van der Waals surface area contributed by atoms with Crippen LogP contribution in [-0.4, -0.2) is 28.6 Å². The van der Waals surface area contributed by atoms with Crippen molar-refractivity contribution >= 4 is 16.9 Å². The SMILES string of the molecule is CCc1nc(N(C)C)ccc1-c1ccc2c(n1)c(C)cn2CC. The molecule has 0 saturated carbocycles. The molecule has 0 amide bonds. The highest BCUT2D eigenvalue weighted by molar-refractivity contribution is 5.83. The largest absolute Gasteiger partial charge is 0.363 e.